The van der Waals surface area contributed by atoms with Crippen LogP contribution in [0.3, 0.4) is 0 Å². The molecule has 1 saturated heterocycles. The summed E-state index contributed by atoms with van der Waals surface area (Å²) in [6.07, 6.45) is 5.65. The summed E-state index contributed by atoms with van der Waals surface area (Å²) < 4.78 is 7.63. The average molecular weight is 344 g/mol. The van der Waals surface area contributed by atoms with Crippen molar-refractivity contribution in [2.24, 2.45) is 0 Å². The first kappa shape index (κ1) is 17.7. The molecule has 2 aromatic rings. The van der Waals surface area contributed by atoms with E-state index in [1.54, 1.807) is 0 Å². The van der Waals surface area contributed by atoms with Crippen molar-refractivity contribution in [2.75, 3.05) is 6.61 Å². The number of imidazole rings is 1. The molecule has 6 heteroatoms. The van der Waals surface area contributed by atoms with Crippen LogP contribution in [0.15, 0.2) is 24.5 Å². The van der Waals surface area contributed by atoms with Crippen LogP contribution in [0.4, 0.5) is 0 Å². The normalized spacial score (nSPS) is 19.7. The zero-order valence-electron chi connectivity index (χ0n) is 15.7. The summed E-state index contributed by atoms with van der Waals surface area (Å²) in [5.74, 6) is 0.528. The molecule has 2 N–H and O–H groups in total. The van der Waals surface area contributed by atoms with E-state index >= 15 is 0 Å². The number of carbonyl (C=O) groups excluding carboxylic acids is 1. The van der Waals surface area contributed by atoms with Crippen molar-refractivity contribution < 1.29 is 9.53 Å². The second-order valence-electron chi connectivity index (χ2n) is 8.34. The average Bonchev–Trinajstić information content (AvgIpc) is 2.82. The van der Waals surface area contributed by atoms with Gasteiger partial charge in [-0.3, -0.25) is 4.79 Å². The van der Waals surface area contributed by atoms with Crippen molar-refractivity contribution in [2.45, 2.75) is 64.6 Å². The molecule has 0 atom stereocenters. The number of aromatic nitrogens is 2. The first-order valence-corrected chi connectivity index (χ1v) is 8.79. The zero-order chi connectivity index (χ0) is 18.2. The number of pyridine rings is 1. The topological polar surface area (TPSA) is 67.7 Å². The summed E-state index contributed by atoms with van der Waals surface area (Å²) in [7, 11) is 0. The third-order valence-electron chi connectivity index (χ3n) is 4.48. The van der Waals surface area contributed by atoms with Crippen molar-refractivity contribution in [3.8, 4) is 5.75 Å². The van der Waals surface area contributed by atoms with Gasteiger partial charge in [0.25, 0.3) is 5.91 Å². The molecule has 0 unspecified atom stereocenters. The van der Waals surface area contributed by atoms with Crippen molar-refractivity contribution in [3.05, 3.63) is 30.2 Å². The minimum absolute atomic E-state index is 0.000473. The summed E-state index contributed by atoms with van der Waals surface area (Å²) in [6.45, 7) is 10.6. The number of nitrogens with zero attached hydrogens (tertiary/aromatic N) is 2. The predicted molar refractivity (Wildman–Crippen MR) is 97.9 cm³/mol. The van der Waals surface area contributed by atoms with E-state index < -0.39 is 0 Å². The maximum Gasteiger partial charge on any atom is 0.258 e. The molecule has 136 valence electrons. The van der Waals surface area contributed by atoms with E-state index in [0.29, 0.717) is 5.75 Å². The highest BCUT2D eigenvalue weighted by atomic mass is 16.5. The Labute approximate surface area is 149 Å². The van der Waals surface area contributed by atoms with Gasteiger partial charge in [0.05, 0.1) is 5.69 Å². The van der Waals surface area contributed by atoms with E-state index in [1.165, 1.54) is 0 Å². The molecule has 1 aliphatic heterocycles. The molecule has 1 aliphatic rings. The first-order valence-electron chi connectivity index (χ1n) is 8.79. The van der Waals surface area contributed by atoms with Gasteiger partial charge >= 0.3 is 0 Å². The third kappa shape index (κ3) is 4.31. The minimum Gasteiger partial charge on any atom is -0.480 e. The lowest BCUT2D eigenvalue weighted by Crippen LogP contribution is -2.62. The maximum absolute atomic E-state index is 12.4. The first-order chi connectivity index (χ1) is 11.6. The number of fused-ring (bicyclic) bond motifs is 1. The fourth-order valence-electron chi connectivity index (χ4n) is 4.06. The van der Waals surface area contributed by atoms with E-state index in [1.807, 2.05) is 35.9 Å². The van der Waals surface area contributed by atoms with Crippen LogP contribution < -0.4 is 15.4 Å². The summed E-state index contributed by atoms with van der Waals surface area (Å²) in [6, 6.07) is 3.87. The van der Waals surface area contributed by atoms with Crippen LogP contribution in [0.2, 0.25) is 0 Å². The quantitative estimate of drug-likeness (QED) is 0.894. The molecule has 0 aliphatic carbocycles. The number of hydrogen-bond acceptors (Lipinski definition) is 4. The summed E-state index contributed by atoms with van der Waals surface area (Å²) in [4.78, 5) is 16.8. The lowest BCUT2D eigenvalue weighted by atomic mass is 9.79. The number of ether oxygens (including phenoxy) is 1. The Morgan fingerprint density at radius 2 is 2.04 bits per heavy atom. The highest BCUT2D eigenvalue weighted by molar-refractivity contribution is 5.78. The van der Waals surface area contributed by atoms with Crippen molar-refractivity contribution in [1.29, 1.82) is 0 Å². The Morgan fingerprint density at radius 3 is 2.72 bits per heavy atom. The van der Waals surface area contributed by atoms with Gasteiger partial charge in [0, 0.05) is 29.5 Å². The Hall–Kier alpha value is -2.08. The Balaban J connectivity index is 1.61. The molecule has 1 fully saturated rings. The summed E-state index contributed by atoms with van der Waals surface area (Å²) in [5, 5.41) is 6.74. The minimum atomic E-state index is -0.0937. The second-order valence-corrected chi connectivity index (χ2v) is 8.34. The number of hydrogen-bond donors (Lipinski definition) is 2. The van der Waals surface area contributed by atoms with Crippen LogP contribution in [0.5, 0.6) is 5.75 Å². The van der Waals surface area contributed by atoms with Crippen molar-refractivity contribution in [3.63, 3.8) is 0 Å². The number of carbonyl (C=O) groups is 1. The van der Waals surface area contributed by atoms with Gasteiger partial charge in [-0.1, -0.05) is 0 Å². The van der Waals surface area contributed by atoms with Gasteiger partial charge in [-0.2, -0.15) is 0 Å². The SMILES string of the molecule is Cc1cn2cccc(OCC(=O)NC3CC(C)(C)NC(C)(C)C3)c2n1. The highest BCUT2D eigenvalue weighted by Gasteiger charge is 2.38. The predicted octanol–water partition coefficient (Wildman–Crippen LogP) is 2.45. The molecule has 1 amide bonds. The standard InChI is InChI=1S/C19H28N4O2/c1-13-11-23-8-6-7-15(17(23)20-13)25-12-16(24)21-14-9-18(2,3)22-19(4,5)10-14/h6-8,11,14,22H,9-10,12H2,1-5H3,(H,21,24). The smallest absolute Gasteiger partial charge is 0.258 e. The lowest BCUT2D eigenvalue weighted by Gasteiger charge is -2.46. The van der Waals surface area contributed by atoms with Gasteiger partial charge < -0.3 is 19.8 Å². The van der Waals surface area contributed by atoms with Gasteiger partial charge in [-0.25, -0.2) is 4.98 Å². The molecule has 0 bridgehead atoms. The molecule has 0 radical (unpaired) electrons. The molecule has 3 rings (SSSR count). The highest BCUT2D eigenvalue weighted by Crippen LogP contribution is 2.28. The summed E-state index contributed by atoms with van der Waals surface area (Å²) in [5.41, 5.74) is 1.65. The molecule has 25 heavy (non-hydrogen) atoms. The van der Waals surface area contributed by atoms with Crippen LogP contribution in [0.25, 0.3) is 5.65 Å². The fraction of sp³-hybridized carbons (Fsp3) is 0.579. The van der Waals surface area contributed by atoms with Crippen molar-refractivity contribution in [1.82, 2.24) is 20.0 Å². The summed E-state index contributed by atoms with van der Waals surface area (Å²) >= 11 is 0. The van der Waals surface area contributed by atoms with Crippen LogP contribution in [0.1, 0.15) is 46.2 Å². The Bertz CT molecular complexity index is 763. The molecule has 3 heterocycles. The van der Waals surface area contributed by atoms with Crippen molar-refractivity contribution >= 4 is 11.6 Å². The molecule has 0 aromatic carbocycles. The number of amides is 1. The fourth-order valence-corrected chi connectivity index (χ4v) is 4.06. The molecule has 0 spiro atoms. The molecule has 2 aromatic heterocycles. The number of nitrogens with one attached hydrogen (secondary N) is 2. The van der Waals surface area contributed by atoms with E-state index in [4.69, 9.17) is 4.74 Å². The van der Waals surface area contributed by atoms with Gasteiger partial charge in [-0.15, -0.1) is 0 Å². The van der Waals surface area contributed by atoms with Crippen LogP contribution in [-0.4, -0.2) is 39.0 Å². The molecule has 0 saturated carbocycles. The molecular weight excluding hydrogens is 316 g/mol. The van der Waals surface area contributed by atoms with Crippen LogP contribution in [0, 0.1) is 6.92 Å². The van der Waals surface area contributed by atoms with Crippen LogP contribution >= 0.6 is 0 Å². The van der Waals surface area contributed by atoms with E-state index in [2.05, 4.69) is 43.3 Å². The van der Waals surface area contributed by atoms with E-state index in [0.717, 1.165) is 24.2 Å². The van der Waals surface area contributed by atoms with Gasteiger partial charge in [-0.05, 0) is 59.6 Å². The second kappa shape index (κ2) is 6.33. The van der Waals surface area contributed by atoms with Gasteiger partial charge in [0.1, 0.15) is 0 Å². The number of piperidine rings is 1. The Kier molecular flexibility index (Phi) is 4.49. The largest absolute Gasteiger partial charge is 0.480 e. The Morgan fingerprint density at radius 1 is 1.36 bits per heavy atom. The third-order valence-corrected chi connectivity index (χ3v) is 4.48. The monoisotopic (exact) mass is 344 g/mol. The lowest BCUT2D eigenvalue weighted by molar-refractivity contribution is -0.124. The van der Waals surface area contributed by atoms with E-state index in [9.17, 15) is 4.79 Å². The number of aryl methyl sites for hydroxylation is 1. The van der Waals surface area contributed by atoms with Gasteiger partial charge in [0.15, 0.2) is 18.0 Å². The van der Waals surface area contributed by atoms with E-state index in [-0.39, 0.29) is 29.6 Å². The molecular formula is C19H28N4O2. The van der Waals surface area contributed by atoms with Crippen LogP contribution in [-0.2, 0) is 4.79 Å². The maximum atomic E-state index is 12.4. The molecule has 6 nitrogen and oxygen atoms in total. The zero-order valence-corrected chi connectivity index (χ0v) is 15.7. The number of rotatable bonds is 4. The van der Waals surface area contributed by atoms with Gasteiger partial charge in [0.2, 0.25) is 0 Å².